The van der Waals surface area contributed by atoms with Crippen LogP contribution >= 0.6 is 0 Å². The number of aliphatic imine (C=N–C) groups is 1. The van der Waals surface area contributed by atoms with E-state index < -0.39 is 0 Å². The van der Waals surface area contributed by atoms with E-state index in [4.69, 9.17) is 0 Å². The van der Waals surface area contributed by atoms with Crippen LogP contribution in [0, 0.1) is 13.8 Å². The monoisotopic (exact) mass is 200 g/mol. The van der Waals surface area contributed by atoms with E-state index >= 15 is 0 Å². The Bertz CT molecular complexity index is 468. The summed E-state index contributed by atoms with van der Waals surface area (Å²) in [5, 5.41) is 3.37. The average molecular weight is 200 g/mol. The molecule has 1 aliphatic heterocycles. The summed E-state index contributed by atoms with van der Waals surface area (Å²) in [6.07, 6.45) is 2.06. The maximum absolute atomic E-state index is 4.57. The number of hydrogen-bond donors (Lipinski definition) is 1. The maximum Gasteiger partial charge on any atom is 0.0870 e. The summed E-state index contributed by atoms with van der Waals surface area (Å²) in [4.78, 5) is 4.57. The van der Waals surface area contributed by atoms with E-state index in [1.807, 2.05) is 6.92 Å². The van der Waals surface area contributed by atoms with Gasteiger partial charge in [-0.05, 0) is 57.0 Å². The van der Waals surface area contributed by atoms with Crippen molar-refractivity contribution in [3.63, 3.8) is 0 Å². The molecule has 0 saturated carbocycles. The zero-order chi connectivity index (χ0) is 11.0. The number of nitrogens with one attached hydrogen (secondary N) is 1. The SMILES string of the molecule is CC1=CC(C)=Nc2cc(C)c(C)cc2N1. The van der Waals surface area contributed by atoms with Crippen molar-refractivity contribution in [3.05, 3.63) is 35.0 Å². The molecule has 1 heterocycles. The summed E-state index contributed by atoms with van der Waals surface area (Å²) in [6.45, 7) is 8.32. The first kappa shape index (κ1) is 9.97. The fourth-order valence-corrected chi connectivity index (χ4v) is 1.78. The van der Waals surface area contributed by atoms with Crippen molar-refractivity contribution in [3.8, 4) is 0 Å². The predicted molar refractivity (Wildman–Crippen MR) is 66.1 cm³/mol. The van der Waals surface area contributed by atoms with Gasteiger partial charge in [-0.3, -0.25) is 4.99 Å². The second kappa shape index (κ2) is 3.54. The fourth-order valence-electron chi connectivity index (χ4n) is 1.78. The van der Waals surface area contributed by atoms with Crippen LogP contribution in [-0.4, -0.2) is 5.71 Å². The molecule has 0 saturated heterocycles. The lowest BCUT2D eigenvalue weighted by Crippen LogP contribution is -1.96. The first-order chi connectivity index (χ1) is 7.06. The van der Waals surface area contributed by atoms with Gasteiger partial charge in [-0.15, -0.1) is 0 Å². The highest BCUT2D eigenvalue weighted by Crippen LogP contribution is 2.31. The Labute approximate surface area is 90.7 Å². The van der Waals surface area contributed by atoms with Gasteiger partial charge < -0.3 is 5.32 Å². The number of allylic oxidation sites excluding steroid dienone is 2. The van der Waals surface area contributed by atoms with Crippen LogP contribution in [0.5, 0.6) is 0 Å². The minimum atomic E-state index is 1.03. The van der Waals surface area contributed by atoms with Crippen molar-refractivity contribution in [1.29, 1.82) is 0 Å². The topological polar surface area (TPSA) is 24.4 Å². The molecule has 15 heavy (non-hydrogen) atoms. The first-order valence-corrected chi connectivity index (χ1v) is 5.18. The molecule has 0 aliphatic carbocycles. The lowest BCUT2D eigenvalue weighted by molar-refractivity contribution is 1.31. The third-order valence-corrected chi connectivity index (χ3v) is 2.67. The highest BCUT2D eigenvalue weighted by atomic mass is 14.9. The molecule has 0 radical (unpaired) electrons. The minimum absolute atomic E-state index is 1.03. The second-order valence-corrected chi connectivity index (χ2v) is 4.16. The minimum Gasteiger partial charge on any atom is -0.357 e. The molecule has 1 N–H and O–H groups in total. The Kier molecular flexibility index (Phi) is 2.35. The number of nitrogens with zero attached hydrogens (tertiary/aromatic N) is 1. The normalized spacial score (nSPS) is 14.7. The molecule has 2 rings (SSSR count). The number of aryl methyl sites for hydroxylation is 2. The lowest BCUT2D eigenvalue weighted by atomic mass is 10.1. The van der Waals surface area contributed by atoms with Crippen molar-refractivity contribution >= 4 is 17.1 Å². The van der Waals surface area contributed by atoms with E-state index in [2.05, 4.69) is 49.3 Å². The Morgan fingerprint density at radius 3 is 2.40 bits per heavy atom. The van der Waals surface area contributed by atoms with Crippen LogP contribution in [0.15, 0.2) is 28.9 Å². The zero-order valence-electron chi connectivity index (χ0n) is 9.68. The van der Waals surface area contributed by atoms with Gasteiger partial charge in [0.1, 0.15) is 0 Å². The van der Waals surface area contributed by atoms with Crippen LogP contribution in [0.2, 0.25) is 0 Å². The van der Waals surface area contributed by atoms with E-state index in [1.165, 1.54) is 11.1 Å². The number of rotatable bonds is 0. The van der Waals surface area contributed by atoms with Crippen LogP contribution < -0.4 is 5.32 Å². The number of hydrogen-bond acceptors (Lipinski definition) is 2. The molecule has 0 fully saturated rings. The quantitative estimate of drug-likeness (QED) is 0.678. The average Bonchev–Trinajstić information content (AvgIpc) is 2.24. The Morgan fingerprint density at radius 1 is 1.00 bits per heavy atom. The highest BCUT2D eigenvalue weighted by molar-refractivity contribution is 5.98. The van der Waals surface area contributed by atoms with Crippen molar-refractivity contribution in [2.45, 2.75) is 27.7 Å². The molecule has 1 aliphatic rings. The number of benzene rings is 1. The molecule has 0 amide bonds. The van der Waals surface area contributed by atoms with Crippen LogP contribution in [0.25, 0.3) is 0 Å². The van der Waals surface area contributed by atoms with Crippen LogP contribution in [0.3, 0.4) is 0 Å². The fraction of sp³-hybridized carbons (Fsp3) is 0.308. The maximum atomic E-state index is 4.57. The van der Waals surface area contributed by atoms with Gasteiger partial charge in [0.15, 0.2) is 0 Å². The van der Waals surface area contributed by atoms with Gasteiger partial charge in [0.05, 0.1) is 11.4 Å². The highest BCUT2D eigenvalue weighted by Gasteiger charge is 2.08. The molecular formula is C13H16N2. The van der Waals surface area contributed by atoms with E-state index in [0.29, 0.717) is 0 Å². The zero-order valence-corrected chi connectivity index (χ0v) is 9.68. The third kappa shape index (κ3) is 1.94. The molecule has 2 heteroatoms. The first-order valence-electron chi connectivity index (χ1n) is 5.18. The standard InChI is InChI=1S/C13H16N2/c1-8-5-12-13(6-9(8)2)15-11(4)7-10(3)14-12/h5-7,14H,1-4H3. The van der Waals surface area contributed by atoms with E-state index in [1.54, 1.807) is 0 Å². The smallest absolute Gasteiger partial charge is 0.0870 e. The van der Waals surface area contributed by atoms with Crippen LogP contribution in [0.4, 0.5) is 11.4 Å². The van der Waals surface area contributed by atoms with Gasteiger partial charge in [0.25, 0.3) is 0 Å². The molecule has 1 aromatic carbocycles. The molecule has 78 valence electrons. The van der Waals surface area contributed by atoms with Gasteiger partial charge in [0, 0.05) is 11.4 Å². The summed E-state index contributed by atoms with van der Waals surface area (Å²) in [5.74, 6) is 0. The summed E-state index contributed by atoms with van der Waals surface area (Å²) >= 11 is 0. The van der Waals surface area contributed by atoms with E-state index in [0.717, 1.165) is 22.8 Å². The molecule has 0 aromatic heterocycles. The van der Waals surface area contributed by atoms with Gasteiger partial charge in [-0.25, -0.2) is 0 Å². The van der Waals surface area contributed by atoms with Crippen molar-refractivity contribution in [2.24, 2.45) is 4.99 Å². The molecule has 0 unspecified atom stereocenters. The molecular weight excluding hydrogens is 184 g/mol. The van der Waals surface area contributed by atoms with Crippen molar-refractivity contribution in [2.75, 3.05) is 5.32 Å². The third-order valence-electron chi connectivity index (χ3n) is 2.67. The Hall–Kier alpha value is -1.57. The van der Waals surface area contributed by atoms with Gasteiger partial charge in [-0.2, -0.15) is 0 Å². The number of fused-ring (bicyclic) bond motifs is 1. The largest absolute Gasteiger partial charge is 0.357 e. The van der Waals surface area contributed by atoms with Gasteiger partial charge in [0.2, 0.25) is 0 Å². The predicted octanol–water partition coefficient (Wildman–Crippen LogP) is 3.73. The molecule has 0 spiro atoms. The molecule has 0 bridgehead atoms. The van der Waals surface area contributed by atoms with Crippen molar-refractivity contribution in [1.82, 2.24) is 0 Å². The number of anilines is 1. The Morgan fingerprint density at radius 2 is 1.67 bits per heavy atom. The summed E-state index contributed by atoms with van der Waals surface area (Å²) < 4.78 is 0. The van der Waals surface area contributed by atoms with Crippen molar-refractivity contribution < 1.29 is 0 Å². The van der Waals surface area contributed by atoms with Crippen LogP contribution in [0.1, 0.15) is 25.0 Å². The van der Waals surface area contributed by atoms with E-state index in [9.17, 15) is 0 Å². The molecule has 1 aromatic rings. The lowest BCUT2D eigenvalue weighted by Gasteiger charge is -2.10. The Balaban J connectivity index is 2.60. The summed E-state index contributed by atoms with van der Waals surface area (Å²) in [7, 11) is 0. The van der Waals surface area contributed by atoms with Gasteiger partial charge in [-0.1, -0.05) is 0 Å². The summed E-state index contributed by atoms with van der Waals surface area (Å²) in [5.41, 5.74) is 6.89. The van der Waals surface area contributed by atoms with Crippen LogP contribution in [-0.2, 0) is 0 Å². The van der Waals surface area contributed by atoms with Gasteiger partial charge >= 0.3 is 0 Å². The molecule has 0 atom stereocenters. The summed E-state index contributed by atoms with van der Waals surface area (Å²) in [6, 6.07) is 4.29. The van der Waals surface area contributed by atoms with E-state index in [-0.39, 0.29) is 0 Å². The second-order valence-electron chi connectivity index (χ2n) is 4.16. The molecule has 2 nitrogen and oxygen atoms in total.